The van der Waals surface area contributed by atoms with Gasteiger partial charge in [-0.2, -0.15) is 5.10 Å². The summed E-state index contributed by atoms with van der Waals surface area (Å²) in [6.45, 7) is 5.03. The molecule has 0 unspecified atom stereocenters. The predicted molar refractivity (Wildman–Crippen MR) is 89.2 cm³/mol. The molecule has 5 heteroatoms. The zero-order valence-corrected chi connectivity index (χ0v) is 13.1. The molecule has 3 N–H and O–H groups in total. The lowest BCUT2D eigenvalue weighted by Gasteiger charge is -2.05. The minimum absolute atomic E-state index is 0.379. The van der Waals surface area contributed by atoms with Crippen molar-refractivity contribution in [3.05, 3.63) is 48.3 Å². The third-order valence-corrected chi connectivity index (χ3v) is 3.80. The molecule has 22 heavy (non-hydrogen) atoms. The largest absolute Gasteiger partial charge is 0.370 e. The predicted octanol–water partition coefficient (Wildman–Crippen LogP) is 2.29. The van der Waals surface area contributed by atoms with Crippen molar-refractivity contribution in [2.75, 3.05) is 6.54 Å². The molecule has 3 rings (SSSR count). The molecule has 2 atom stereocenters. The van der Waals surface area contributed by atoms with Gasteiger partial charge >= 0.3 is 0 Å². The highest BCUT2D eigenvalue weighted by Gasteiger charge is 2.39. The molecule has 0 bridgehead atoms. The normalized spacial score (nSPS) is 21.1. The molecule has 1 fully saturated rings. The van der Waals surface area contributed by atoms with E-state index in [4.69, 9.17) is 5.73 Å². The summed E-state index contributed by atoms with van der Waals surface area (Å²) in [7, 11) is 0. The standard InChI is InChI=1S/C17H23N5/c1-12(2)9-19-17(18)21-16-8-15(16)13-10-20-22(11-13)14-6-4-3-5-7-14/h3-7,10-12,15-16H,8-9H2,1-2H3,(H3,18,19,21)/t15-,16+/m0/s1. The van der Waals surface area contributed by atoms with Crippen LogP contribution in [-0.4, -0.2) is 28.3 Å². The number of nitrogens with two attached hydrogens (primary N) is 1. The van der Waals surface area contributed by atoms with E-state index in [0.717, 1.165) is 18.7 Å². The first kappa shape index (κ1) is 14.6. The topological polar surface area (TPSA) is 68.2 Å². The van der Waals surface area contributed by atoms with Gasteiger partial charge in [0.1, 0.15) is 0 Å². The summed E-state index contributed by atoms with van der Waals surface area (Å²) in [5.41, 5.74) is 8.25. The van der Waals surface area contributed by atoms with E-state index < -0.39 is 0 Å². The maximum Gasteiger partial charge on any atom is 0.188 e. The molecule has 1 aromatic heterocycles. The summed E-state index contributed by atoms with van der Waals surface area (Å²) in [5, 5.41) is 7.75. The summed E-state index contributed by atoms with van der Waals surface area (Å²) >= 11 is 0. The van der Waals surface area contributed by atoms with Crippen molar-refractivity contribution < 1.29 is 0 Å². The van der Waals surface area contributed by atoms with Crippen LogP contribution < -0.4 is 11.1 Å². The van der Waals surface area contributed by atoms with Gasteiger partial charge in [0.15, 0.2) is 5.96 Å². The van der Waals surface area contributed by atoms with Crippen LogP contribution in [0.15, 0.2) is 47.7 Å². The molecule has 5 nitrogen and oxygen atoms in total. The number of hydrogen-bond acceptors (Lipinski definition) is 2. The lowest BCUT2D eigenvalue weighted by Crippen LogP contribution is -2.34. The van der Waals surface area contributed by atoms with Gasteiger partial charge in [0.2, 0.25) is 0 Å². The fourth-order valence-corrected chi connectivity index (χ4v) is 2.49. The molecule has 0 aliphatic heterocycles. The fraction of sp³-hybridized carbons (Fsp3) is 0.412. The number of hydrogen-bond donors (Lipinski definition) is 2. The highest BCUT2D eigenvalue weighted by atomic mass is 15.3. The van der Waals surface area contributed by atoms with Crippen molar-refractivity contribution in [3.8, 4) is 5.69 Å². The van der Waals surface area contributed by atoms with E-state index in [-0.39, 0.29) is 0 Å². The molecule has 0 spiro atoms. The Bertz CT molecular complexity index is 644. The number of rotatable bonds is 5. The second-order valence-electron chi connectivity index (χ2n) is 6.27. The minimum atomic E-state index is 0.379. The Morgan fingerprint density at radius 3 is 2.91 bits per heavy atom. The van der Waals surface area contributed by atoms with E-state index in [9.17, 15) is 0 Å². The Morgan fingerprint density at radius 2 is 2.18 bits per heavy atom. The molecule has 1 aromatic carbocycles. The van der Waals surface area contributed by atoms with Crippen LogP contribution in [0.5, 0.6) is 0 Å². The van der Waals surface area contributed by atoms with Crippen LogP contribution in [0.4, 0.5) is 0 Å². The average Bonchev–Trinajstić information content (AvgIpc) is 3.10. The molecular formula is C17H23N5. The summed E-state index contributed by atoms with van der Waals surface area (Å²) in [6.07, 6.45) is 5.13. The van der Waals surface area contributed by atoms with Crippen LogP contribution in [0, 0.1) is 5.92 Å². The number of aromatic nitrogens is 2. The van der Waals surface area contributed by atoms with E-state index in [1.165, 1.54) is 5.56 Å². The number of benzene rings is 1. The van der Waals surface area contributed by atoms with E-state index in [1.54, 1.807) is 0 Å². The van der Waals surface area contributed by atoms with Gasteiger partial charge in [-0.15, -0.1) is 0 Å². The summed E-state index contributed by atoms with van der Waals surface area (Å²) < 4.78 is 1.92. The maximum absolute atomic E-state index is 5.92. The van der Waals surface area contributed by atoms with Gasteiger partial charge in [0.25, 0.3) is 0 Å². The third-order valence-electron chi connectivity index (χ3n) is 3.80. The molecular weight excluding hydrogens is 274 g/mol. The number of nitrogens with one attached hydrogen (secondary N) is 1. The van der Waals surface area contributed by atoms with Gasteiger partial charge in [-0.05, 0) is 30.0 Å². The highest BCUT2D eigenvalue weighted by molar-refractivity contribution is 5.78. The lowest BCUT2D eigenvalue weighted by atomic mass is 10.2. The van der Waals surface area contributed by atoms with E-state index in [0.29, 0.717) is 23.8 Å². The van der Waals surface area contributed by atoms with Crippen molar-refractivity contribution >= 4 is 5.96 Å². The number of aliphatic imine (C=N–C) groups is 1. The number of para-hydroxylation sites is 1. The molecule has 0 amide bonds. The van der Waals surface area contributed by atoms with E-state index in [1.807, 2.05) is 29.1 Å². The quantitative estimate of drug-likeness (QED) is 0.657. The maximum atomic E-state index is 5.92. The van der Waals surface area contributed by atoms with Crippen molar-refractivity contribution in [2.45, 2.75) is 32.2 Å². The van der Waals surface area contributed by atoms with Gasteiger partial charge in [0.05, 0.1) is 11.9 Å². The molecule has 2 aromatic rings. The lowest BCUT2D eigenvalue weighted by molar-refractivity contribution is 0.660. The summed E-state index contributed by atoms with van der Waals surface area (Å²) in [4.78, 5) is 4.35. The summed E-state index contributed by atoms with van der Waals surface area (Å²) in [5.74, 6) is 1.56. The van der Waals surface area contributed by atoms with Crippen LogP contribution in [0.3, 0.4) is 0 Å². The molecule has 1 aliphatic rings. The zero-order chi connectivity index (χ0) is 15.5. The van der Waals surface area contributed by atoms with Crippen LogP contribution in [0.1, 0.15) is 31.7 Å². The highest BCUT2D eigenvalue weighted by Crippen LogP contribution is 2.40. The third kappa shape index (κ3) is 3.47. The molecule has 1 heterocycles. The van der Waals surface area contributed by atoms with Crippen molar-refractivity contribution in [1.82, 2.24) is 15.1 Å². The monoisotopic (exact) mass is 297 g/mol. The first-order chi connectivity index (χ1) is 10.6. The Morgan fingerprint density at radius 1 is 1.41 bits per heavy atom. The minimum Gasteiger partial charge on any atom is -0.370 e. The Hall–Kier alpha value is -2.30. The van der Waals surface area contributed by atoms with E-state index in [2.05, 4.69) is 47.6 Å². The van der Waals surface area contributed by atoms with Gasteiger partial charge < -0.3 is 11.1 Å². The van der Waals surface area contributed by atoms with Gasteiger partial charge in [-0.3, -0.25) is 4.99 Å². The van der Waals surface area contributed by atoms with E-state index >= 15 is 0 Å². The van der Waals surface area contributed by atoms with Crippen molar-refractivity contribution in [2.24, 2.45) is 16.6 Å². The second kappa shape index (κ2) is 6.22. The Labute approximate surface area is 131 Å². The first-order valence-electron chi connectivity index (χ1n) is 7.80. The Kier molecular flexibility index (Phi) is 4.13. The number of nitrogens with zero attached hydrogens (tertiary/aromatic N) is 3. The average molecular weight is 297 g/mol. The fourth-order valence-electron chi connectivity index (χ4n) is 2.49. The molecule has 0 radical (unpaired) electrons. The second-order valence-corrected chi connectivity index (χ2v) is 6.27. The molecule has 0 saturated heterocycles. The van der Waals surface area contributed by atoms with Gasteiger partial charge in [-0.25, -0.2) is 4.68 Å². The zero-order valence-electron chi connectivity index (χ0n) is 13.1. The van der Waals surface area contributed by atoms with Gasteiger partial charge in [0, 0.05) is 24.7 Å². The molecule has 1 saturated carbocycles. The van der Waals surface area contributed by atoms with Crippen molar-refractivity contribution in [1.29, 1.82) is 0 Å². The van der Waals surface area contributed by atoms with Crippen molar-refractivity contribution in [3.63, 3.8) is 0 Å². The smallest absolute Gasteiger partial charge is 0.188 e. The first-order valence-corrected chi connectivity index (χ1v) is 7.80. The number of guanidine groups is 1. The molecule has 116 valence electrons. The Balaban J connectivity index is 1.59. The van der Waals surface area contributed by atoms with Crippen LogP contribution in [0.2, 0.25) is 0 Å². The van der Waals surface area contributed by atoms with Crippen LogP contribution in [-0.2, 0) is 0 Å². The molecule has 1 aliphatic carbocycles. The van der Waals surface area contributed by atoms with Crippen LogP contribution >= 0.6 is 0 Å². The van der Waals surface area contributed by atoms with Gasteiger partial charge in [-0.1, -0.05) is 32.0 Å². The van der Waals surface area contributed by atoms with Crippen LogP contribution in [0.25, 0.3) is 5.69 Å². The summed E-state index contributed by atoms with van der Waals surface area (Å²) in [6, 6.07) is 10.5. The SMILES string of the molecule is CC(C)CN=C(N)N[C@@H]1C[C@H]1c1cnn(-c2ccccc2)c1.